The van der Waals surface area contributed by atoms with E-state index in [0.29, 0.717) is 6.04 Å². The summed E-state index contributed by atoms with van der Waals surface area (Å²) in [7, 11) is 0. The molecule has 1 aliphatic carbocycles. The summed E-state index contributed by atoms with van der Waals surface area (Å²) in [5.41, 5.74) is 2.50. The van der Waals surface area contributed by atoms with E-state index in [2.05, 4.69) is 30.2 Å². The molecule has 1 saturated carbocycles. The van der Waals surface area contributed by atoms with Crippen molar-refractivity contribution in [3.05, 3.63) is 24.0 Å². The van der Waals surface area contributed by atoms with Crippen molar-refractivity contribution in [2.75, 3.05) is 5.32 Å². The van der Waals surface area contributed by atoms with Gasteiger partial charge in [-0.05, 0) is 50.2 Å². The van der Waals surface area contributed by atoms with E-state index < -0.39 is 0 Å². The van der Waals surface area contributed by atoms with Crippen molar-refractivity contribution in [1.82, 2.24) is 4.98 Å². The molecule has 0 atom stereocenters. The molecule has 0 aromatic carbocycles. The molecule has 1 aromatic rings. The van der Waals surface area contributed by atoms with Crippen molar-refractivity contribution >= 4 is 5.69 Å². The second kappa shape index (κ2) is 4.65. The van der Waals surface area contributed by atoms with Gasteiger partial charge < -0.3 is 5.32 Å². The topological polar surface area (TPSA) is 24.9 Å². The molecule has 15 heavy (non-hydrogen) atoms. The van der Waals surface area contributed by atoms with Crippen molar-refractivity contribution in [2.45, 2.75) is 45.6 Å². The minimum absolute atomic E-state index is 0.669. The lowest BCUT2D eigenvalue weighted by atomic mass is 9.87. The van der Waals surface area contributed by atoms with E-state index in [-0.39, 0.29) is 0 Å². The zero-order valence-electron chi connectivity index (χ0n) is 9.66. The van der Waals surface area contributed by atoms with Gasteiger partial charge in [0.15, 0.2) is 0 Å². The minimum atomic E-state index is 0.669. The van der Waals surface area contributed by atoms with Crippen LogP contribution in [0.25, 0.3) is 0 Å². The molecular formula is C13H20N2. The highest BCUT2D eigenvalue weighted by Crippen LogP contribution is 2.26. The van der Waals surface area contributed by atoms with Gasteiger partial charge in [-0.2, -0.15) is 0 Å². The zero-order valence-corrected chi connectivity index (χ0v) is 9.66. The normalized spacial score (nSPS) is 26.3. The van der Waals surface area contributed by atoms with Crippen molar-refractivity contribution in [1.29, 1.82) is 0 Å². The van der Waals surface area contributed by atoms with Crippen LogP contribution in [0.4, 0.5) is 5.69 Å². The second-order valence-corrected chi connectivity index (χ2v) is 4.79. The maximum atomic E-state index is 4.11. The van der Waals surface area contributed by atoms with Crippen molar-refractivity contribution in [3.63, 3.8) is 0 Å². The van der Waals surface area contributed by atoms with Crippen LogP contribution in [0, 0.1) is 12.8 Å². The lowest BCUT2D eigenvalue weighted by molar-refractivity contribution is 0.361. The van der Waals surface area contributed by atoms with E-state index in [1.54, 1.807) is 0 Å². The molecule has 1 aromatic heterocycles. The van der Waals surface area contributed by atoms with Crippen LogP contribution in [0.5, 0.6) is 0 Å². The molecule has 1 fully saturated rings. The van der Waals surface area contributed by atoms with Crippen molar-refractivity contribution in [2.24, 2.45) is 5.92 Å². The number of hydrogen-bond donors (Lipinski definition) is 1. The lowest BCUT2D eigenvalue weighted by Gasteiger charge is -2.28. The van der Waals surface area contributed by atoms with Crippen LogP contribution >= 0.6 is 0 Å². The Morgan fingerprint density at radius 2 is 2.00 bits per heavy atom. The van der Waals surface area contributed by atoms with E-state index in [1.807, 2.05) is 12.4 Å². The molecule has 0 amide bonds. The molecule has 1 heterocycles. The highest BCUT2D eigenvalue weighted by Gasteiger charge is 2.18. The third kappa shape index (κ3) is 2.71. The summed E-state index contributed by atoms with van der Waals surface area (Å²) in [6.07, 6.45) is 9.13. The maximum absolute atomic E-state index is 4.11. The van der Waals surface area contributed by atoms with E-state index in [9.17, 15) is 0 Å². The standard InChI is InChI=1S/C13H20N2/c1-10-3-5-12(6-4-10)15-13-7-8-14-9-11(13)2/h7-10,12H,3-6H2,1-2H3,(H,14,15). The monoisotopic (exact) mass is 204 g/mol. The summed E-state index contributed by atoms with van der Waals surface area (Å²) in [6, 6.07) is 2.75. The Labute approximate surface area is 92.1 Å². The highest BCUT2D eigenvalue weighted by molar-refractivity contribution is 5.49. The Hall–Kier alpha value is -1.05. The highest BCUT2D eigenvalue weighted by atomic mass is 14.9. The molecule has 1 N–H and O–H groups in total. The van der Waals surface area contributed by atoms with E-state index in [4.69, 9.17) is 0 Å². The first-order valence-electron chi connectivity index (χ1n) is 5.93. The van der Waals surface area contributed by atoms with Gasteiger partial charge in [-0.1, -0.05) is 6.92 Å². The molecule has 2 rings (SSSR count). The molecule has 82 valence electrons. The third-order valence-corrected chi connectivity index (χ3v) is 3.40. The summed E-state index contributed by atoms with van der Waals surface area (Å²) < 4.78 is 0. The van der Waals surface area contributed by atoms with Gasteiger partial charge in [0.1, 0.15) is 0 Å². The predicted octanol–water partition coefficient (Wildman–Crippen LogP) is 3.38. The summed E-state index contributed by atoms with van der Waals surface area (Å²) in [6.45, 7) is 4.47. The number of rotatable bonds is 2. The summed E-state index contributed by atoms with van der Waals surface area (Å²) in [4.78, 5) is 4.11. The van der Waals surface area contributed by atoms with E-state index >= 15 is 0 Å². The van der Waals surface area contributed by atoms with E-state index in [0.717, 1.165) is 5.92 Å². The van der Waals surface area contributed by atoms with Gasteiger partial charge in [0.2, 0.25) is 0 Å². The number of hydrogen-bond acceptors (Lipinski definition) is 2. The van der Waals surface area contributed by atoms with Gasteiger partial charge in [-0.3, -0.25) is 4.98 Å². The Kier molecular flexibility index (Phi) is 3.24. The number of aromatic nitrogens is 1. The average molecular weight is 204 g/mol. The lowest BCUT2D eigenvalue weighted by Crippen LogP contribution is -2.25. The summed E-state index contributed by atoms with van der Waals surface area (Å²) in [5, 5.41) is 3.63. The number of aryl methyl sites for hydroxylation is 1. The SMILES string of the molecule is Cc1cnccc1NC1CCC(C)CC1. The first-order valence-corrected chi connectivity index (χ1v) is 5.93. The Bertz CT molecular complexity index is 314. The van der Waals surface area contributed by atoms with Gasteiger partial charge in [-0.25, -0.2) is 0 Å². The van der Waals surface area contributed by atoms with Crippen LogP contribution in [0.15, 0.2) is 18.5 Å². The van der Waals surface area contributed by atoms with Crippen LogP contribution in [-0.4, -0.2) is 11.0 Å². The number of nitrogens with zero attached hydrogens (tertiary/aromatic N) is 1. The van der Waals surface area contributed by atoms with E-state index in [1.165, 1.54) is 36.9 Å². The fourth-order valence-corrected chi connectivity index (χ4v) is 2.26. The number of anilines is 1. The third-order valence-electron chi connectivity index (χ3n) is 3.40. The molecule has 2 nitrogen and oxygen atoms in total. The summed E-state index contributed by atoms with van der Waals surface area (Å²) in [5.74, 6) is 0.918. The van der Waals surface area contributed by atoms with Crippen LogP contribution in [-0.2, 0) is 0 Å². The molecule has 0 aliphatic heterocycles. The molecule has 0 bridgehead atoms. The van der Waals surface area contributed by atoms with Crippen molar-refractivity contribution in [3.8, 4) is 0 Å². The fourth-order valence-electron chi connectivity index (χ4n) is 2.26. The first kappa shape index (κ1) is 10.5. The molecule has 0 saturated heterocycles. The largest absolute Gasteiger partial charge is 0.382 e. The number of pyridine rings is 1. The van der Waals surface area contributed by atoms with Crippen molar-refractivity contribution < 1.29 is 0 Å². The number of nitrogens with one attached hydrogen (secondary N) is 1. The smallest absolute Gasteiger partial charge is 0.0402 e. The Morgan fingerprint density at radius 3 is 2.67 bits per heavy atom. The molecule has 0 unspecified atom stereocenters. The molecule has 0 spiro atoms. The van der Waals surface area contributed by atoms with Gasteiger partial charge in [0, 0.05) is 24.1 Å². The minimum Gasteiger partial charge on any atom is -0.382 e. The Balaban J connectivity index is 1.95. The predicted molar refractivity (Wildman–Crippen MR) is 64.0 cm³/mol. The van der Waals surface area contributed by atoms with Gasteiger partial charge in [0.25, 0.3) is 0 Å². The molecule has 2 heteroatoms. The van der Waals surface area contributed by atoms with Crippen LogP contribution in [0.3, 0.4) is 0 Å². The first-order chi connectivity index (χ1) is 7.25. The zero-order chi connectivity index (χ0) is 10.7. The maximum Gasteiger partial charge on any atom is 0.0402 e. The Morgan fingerprint density at radius 1 is 1.27 bits per heavy atom. The van der Waals surface area contributed by atoms with Crippen LogP contribution < -0.4 is 5.32 Å². The summed E-state index contributed by atoms with van der Waals surface area (Å²) >= 11 is 0. The average Bonchev–Trinajstić information content (AvgIpc) is 2.25. The van der Waals surface area contributed by atoms with Crippen LogP contribution in [0.2, 0.25) is 0 Å². The van der Waals surface area contributed by atoms with Gasteiger partial charge in [-0.15, -0.1) is 0 Å². The van der Waals surface area contributed by atoms with Gasteiger partial charge >= 0.3 is 0 Å². The quantitative estimate of drug-likeness (QED) is 0.798. The molecule has 1 aliphatic rings. The molecule has 0 radical (unpaired) electrons. The fraction of sp³-hybridized carbons (Fsp3) is 0.615. The van der Waals surface area contributed by atoms with Gasteiger partial charge in [0.05, 0.1) is 0 Å². The molecular weight excluding hydrogens is 184 g/mol. The second-order valence-electron chi connectivity index (χ2n) is 4.79. The van der Waals surface area contributed by atoms with Crippen LogP contribution in [0.1, 0.15) is 38.2 Å².